The highest BCUT2D eigenvalue weighted by Crippen LogP contribution is 2.32. The maximum Gasteiger partial charge on any atom is 0.230 e. The van der Waals surface area contributed by atoms with Crippen LogP contribution in [0.1, 0.15) is 42.9 Å². The van der Waals surface area contributed by atoms with Crippen LogP contribution < -0.4 is 4.72 Å². The molecule has 23 heavy (non-hydrogen) atoms. The number of nitrogens with one attached hydrogen (secondary N) is 2. The van der Waals surface area contributed by atoms with E-state index in [1.54, 1.807) is 6.20 Å². The summed E-state index contributed by atoms with van der Waals surface area (Å²) >= 11 is 0. The van der Waals surface area contributed by atoms with Gasteiger partial charge in [-0.2, -0.15) is 5.10 Å². The van der Waals surface area contributed by atoms with Gasteiger partial charge in [-0.25, -0.2) is 13.1 Å². The number of hydrogen-bond acceptors (Lipinski definition) is 4. The minimum atomic E-state index is -3.14. The van der Waals surface area contributed by atoms with Crippen molar-refractivity contribution in [1.82, 2.24) is 19.8 Å². The van der Waals surface area contributed by atoms with Gasteiger partial charge in [-0.1, -0.05) is 0 Å². The third-order valence-corrected chi connectivity index (χ3v) is 5.60. The van der Waals surface area contributed by atoms with Gasteiger partial charge in [0, 0.05) is 30.9 Å². The molecule has 1 saturated heterocycles. The molecule has 1 unspecified atom stereocenters. The van der Waals surface area contributed by atoms with Crippen molar-refractivity contribution in [2.45, 2.75) is 38.0 Å². The fourth-order valence-corrected chi connectivity index (χ4v) is 4.10. The van der Waals surface area contributed by atoms with Crippen molar-refractivity contribution >= 4 is 15.9 Å². The monoisotopic (exact) mass is 340 g/mol. The van der Waals surface area contributed by atoms with Gasteiger partial charge in [0.1, 0.15) is 0 Å². The lowest BCUT2D eigenvalue weighted by Gasteiger charge is -2.35. The van der Waals surface area contributed by atoms with Gasteiger partial charge in [0.25, 0.3) is 0 Å². The highest BCUT2D eigenvalue weighted by molar-refractivity contribution is 7.88. The lowest BCUT2D eigenvalue weighted by atomic mass is 9.85. The van der Waals surface area contributed by atoms with Crippen LogP contribution in [0.5, 0.6) is 0 Å². The van der Waals surface area contributed by atoms with Gasteiger partial charge in [0.15, 0.2) is 0 Å². The Hall–Kier alpha value is -1.41. The molecule has 1 amide bonds. The first kappa shape index (κ1) is 16.4. The Labute approximate surface area is 136 Å². The number of sulfonamides is 1. The first-order valence-corrected chi connectivity index (χ1v) is 10.1. The van der Waals surface area contributed by atoms with Crippen molar-refractivity contribution < 1.29 is 13.2 Å². The Morgan fingerprint density at radius 2 is 2.13 bits per heavy atom. The molecule has 1 aliphatic carbocycles. The average molecular weight is 340 g/mol. The minimum absolute atomic E-state index is 0.0665. The number of aromatic nitrogens is 2. The molecule has 0 spiro atoms. The number of likely N-dealkylation sites (tertiary alicyclic amines) is 1. The molecule has 128 valence electrons. The number of nitrogens with zero attached hydrogens (tertiary/aromatic N) is 2. The average Bonchev–Trinajstić information content (AvgIpc) is 3.00. The van der Waals surface area contributed by atoms with Crippen molar-refractivity contribution in [3.63, 3.8) is 0 Å². The number of hydrogen-bond donors (Lipinski definition) is 2. The van der Waals surface area contributed by atoms with Gasteiger partial charge in [0.05, 0.1) is 18.4 Å². The maximum absolute atomic E-state index is 12.8. The predicted molar refractivity (Wildman–Crippen MR) is 86.4 cm³/mol. The van der Waals surface area contributed by atoms with Crippen LogP contribution >= 0.6 is 0 Å². The molecule has 8 heteroatoms. The van der Waals surface area contributed by atoms with E-state index in [0.29, 0.717) is 25.6 Å². The summed E-state index contributed by atoms with van der Waals surface area (Å²) in [4.78, 5) is 14.7. The molecule has 0 saturated carbocycles. The van der Waals surface area contributed by atoms with E-state index in [4.69, 9.17) is 0 Å². The smallest absolute Gasteiger partial charge is 0.230 e. The molecule has 1 aliphatic heterocycles. The fraction of sp³-hybridized carbons (Fsp3) is 0.733. The molecule has 1 aromatic heterocycles. The van der Waals surface area contributed by atoms with Crippen LogP contribution in [0.4, 0.5) is 0 Å². The van der Waals surface area contributed by atoms with E-state index in [1.165, 1.54) is 6.26 Å². The number of aromatic amines is 1. The maximum atomic E-state index is 12.8. The molecular weight excluding hydrogens is 316 g/mol. The summed E-state index contributed by atoms with van der Waals surface area (Å²) in [6.45, 7) is 1.88. The lowest BCUT2D eigenvalue weighted by Crippen LogP contribution is -2.43. The molecule has 1 aromatic rings. The molecule has 2 heterocycles. The Balaban J connectivity index is 1.55. The molecule has 7 nitrogen and oxygen atoms in total. The van der Waals surface area contributed by atoms with Gasteiger partial charge in [-0.15, -0.1) is 0 Å². The Morgan fingerprint density at radius 3 is 2.83 bits per heavy atom. The molecule has 2 N–H and O–H groups in total. The zero-order chi connectivity index (χ0) is 16.4. The number of carbonyl (C=O) groups excluding carboxylic acids is 1. The Bertz CT molecular complexity index is 662. The number of H-pyrrole nitrogens is 1. The topological polar surface area (TPSA) is 95.2 Å². The second-order valence-corrected chi connectivity index (χ2v) is 8.47. The SMILES string of the molecule is CS(=O)(=O)NCC1CCN(C(=O)C2CCCc3[nH]ncc32)CC1. The minimum Gasteiger partial charge on any atom is -0.342 e. The first-order chi connectivity index (χ1) is 10.9. The summed E-state index contributed by atoms with van der Waals surface area (Å²) in [6, 6.07) is 0. The van der Waals surface area contributed by atoms with Crippen LogP contribution in [0, 0.1) is 5.92 Å². The molecule has 0 bridgehead atoms. The number of aryl methyl sites for hydroxylation is 1. The van der Waals surface area contributed by atoms with Crippen LogP contribution in [0.15, 0.2) is 6.20 Å². The Morgan fingerprint density at radius 1 is 1.39 bits per heavy atom. The van der Waals surface area contributed by atoms with Crippen LogP contribution in [0.3, 0.4) is 0 Å². The number of amides is 1. The normalized spacial score (nSPS) is 22.8. The standard InChI is InChI=1S/C15H24N4O3S/c1-23(21,22)17-9-11-5-7-19(8-6-11)15(20)12-3-2-4-14-13(12)10-16-18-14/h10-12,17H,2-9H2,1H3,(H,16,18). The third kappa shape index (κ3) is 3.92. The highest BCUT2D eigenvalue weighted by atomic mass is 32.2. The Kier molecular flexibility index (Phi) is 4.72. The summed E-state index contributed by atoms with van der Waals surface area (Å²) in [5.74, 6) is 0.440. The first-order valence-electron chi connectivity index (χ1n) is 8.19. The van der Waals surface area contributed by atoms with Gasteiger partial charge >= 0.3 is 0 Å². The van der Waals surface area contributed by atoms with Gasteiger partial charge in [0.2, 0.25) is 15.9 Å². The number of piperidine rings is 1. The predicted octanol–water partition coefficient (Wildman–Crippen LogP) is 0.617. The van der Waals surface area contributed by atoms with E-state index < -0.39 is 10.0 Å². The van der Waals surface area contributed by atoms with Crippen molar-refractivity contribution in [3.05, 3.63) is 17.5 Å². The van der Waals surface area contributed by atoms with Crippen LogP contribution in [-0.4, -0.2) is 55.3 Å². The van der Waals surface area contributed by atoms with Crippen LogP contribution in [0.25, 0.3) is 0 Å². The molecule has 0 aromatic carbocycles. The van der Waals surface area contributed by atoms with Crippen molar-refractivity contribution in [2.24, 2.45) is 5.92 Å². The number of rotatable bonds is 4. The number of carbonyl (C=O) groups is 1. The highest BCUT2D eigenvalue weighted by Gasteiger charge is 2.33. The molecule has 1 atom stereocenters. The fourth-order valence-electron chi connectivity index (χ4n) is 3.56. The van der Waals surface area contributed by atoms with E-state index in [0.717, 1.165) is 43.4 Å². The van der Waals surface area contributed by atoms with Crippen molar-refractivity contribution in [3.8, 4) is 0 Å². The van der Waals surface area contributed by atoms with E-state index in [-0.39, 0.29) is 11.8 Å². The van der Waals surface area contributed by atoms with E-state index >= 15 is 0 Å². The summed E-state index contributed by atoms with van der Waals surface area (Å²) < 4.78 is 24.9. The molecule has 0 radical (unpaired) electrons. The summed E-state index contributed by atoms with van der Waals surface area (Å²) in [6.07, 6.45) is 7.54. The molecule has 2 aliphatic rings. The van der Waals surface area contributed by atoms with Crippen molar-refractivity contribution in [1.29, 1.82) is 0 Å². The van der Waals surface area contributed by atoms with Gasteiger partial charge in [-0.3, -0.25) is 9.89 Å². The van der Waals surface area contributed by atoms with E-state index in [1.807, 2.05) is 4.90 Å². The van der Waals surface area contributed by atoms with Crippen LogP contribution in [0.2, 0.25) is 0 Å². The third-order valence-electron chi connectivity index (χ3n) is 4.91. The second-order valence-electron chi connectivity index (χ2n) is 6.64. The van der Waals surface area contributed by atoms with E-state index in [9.17, 15) is 13.2 Å². The number of fused-ring (bicyclic) bond motifs is 1. The summed E-state index contributed by atoms with van der Waals surface area (Å²) in [5.41, 5.74) is 2.16. The summed E-state index contributed by atoms with van der Waals surface area (Å²) in [7, 11) is -3.14. The zero-order valence-corrected chi connectivity index (χ0v) is 14.2. The largest absolute Gasteiger partial charge is 0.342 e. The van der Waals surface area contributed by atoms with Crippen LogP contribution in [-0.2, 0) is 21.2 Å². The zero-order valence-electron chi connectivity index (χ0n) is 13.4. The van der Waals surface area contributed by atoms with Gasteiger partial charge in [-0.05, 0) is 38.0 Å². The van der Waals surface area contributed by atoms with E-state index in [2.05, 4.69) is 14.9 Å². The lowest BCUT2D eigenvalue weighted by molar-refractivity contribution is -0.134. The van der Waals surface area contributed by atoms with Gasteiger partial charge < -0.3 is 4.90 Å². The second kappa shape index (κ2) is 6.60. The molecular formula is C15H24N4O3S. The summed E-state index contributed by atoms with van der Waals surface area (Å²) in [5, 5.41) is 7.08. The molecule has 3 rings (SSSR count). The molecule has 1 fully saturated rings. The van der Waals surface area contributed by atoms with Crippen molar-refractivity contribution in [2.75, 3.05) is 25.9 Å². The quantitative estimate of drug-likeness (QED) is 0.840.